The lowest BCUT2D eigenvalue weighted by molar-refractivity contribution is -0.141. The third kappa shape index (κ3) is 33.4. The van der Waals surface area contributed by atoms with E-state index in [1.54, 1.807) is 6.92 Å². The van der Waals surface area contributed by atoms with Crippen LogP contribution in [0, 0.1) is 11.8 Å². The van der Waals surface area contributed by atoms with E-state index in [0.29, 0.717) is 12.5 Å². The van der Waals surface area contributed by atoms with Crippen LogP contribution in [0.5, 0.6) is 0 Å². The summed E-state index contributed by atoms with van der Waals surface area (Å²) in [6.07, 6.45) is 32.1. The molecule has 2 N–H and O–H groups in total. The van der Waals surface area contributed by atoms with Gasteiger partial charge < -0.3 is 10.2 Å². The number of aliphatic hydroxyl groups is 1. The maximum atomic E-state index is 10.6. The summed E-state index contributed by atoms with van der Waals surface area (Å²) in [6, 6.07) is 0. The SMILES string of the molecule is CCCCCCCCCCCCC[C@@H](C)C(=O)O.CCCCCCCCCCCCC[C@@H](C)CO. The fourth-order valence-electron chi connectivity index (χ4n) is 4.49. The molecule has 0 aliphatic carbocycles. The quantitative estimate of drug-likeness (QED) is 0.117. The smallest absolute Gasteiger partial charge is 0.306 e. The molecule has 0 aromatic heterocycles. The first kappa shape index (κ1) is 36.6. The number of unbranched alkanes of at least 4 members (excludes halogenated alkanes) is 20. The Balaban J connectivity index is 0. The van der Waals surface area contributed by atoms with Crippen LogP contribution in [-0.2, 0) is 4.79 Å². The average molecular weight is 499 g/mol. The van der Waals surface area contributed by atoms with Crippen LogP contribution in [0.25, 0.3) is 0 Å². The van der Waals surface area contributed by atoms with Gasteiger partial charge in [-0.1, -0.05) is 169 Å². The van der Waals surface area contributed by atoms with Crippen LogP contribution >= 0.6 is 0 Å². The summed E-state index contributed by atoms with van der Waals surface area (Å²) in [5.74, 6) is -0.306. The molecular formula is C32H66O3. The highest BCUT2D eigenvalue weighted by Gasteiger charge is 2.09. The number of aliphatic carboxylic acids is 1. The normalized spacial score (nSPS) is 12.7. The third-order valence-electron chi connectivity index (χ3n) is 7.27. The summed E-state index contributed by atoms with van der Waals surface area (Å²) in [6.45, 7) is 8.83. The van der Waals surface area contributed by atoms with Gasteiger partial charge in [-0.15, -0.1) is 0 Å². The molecule has 35 heavy (non-hydrogen) atoms. The van der Waals surface area contributed by atoms with Gasteiger partial charge in [0.1, 0.15) is 0 Å². The van der Waals surface area contributed by atoms with E-state index in [4.69, 9.17) is 10.2 Å². The molecule has 0 amide bonds. The highest BCUT2D eigenvalue weighted by Crippen LogP contribution is 2.15. The van der Waals surface area contributed by atoms with E-state index in [-0.39, 0.29) is 5.92 Å². The molecule has 0 spiro atoms. The number of carbonyl (C=O) groups is 1. The van der Waals surface area contributed by atoms with Crippen molar-refractivity contribution in [2.75, 3.05) is 6.61 Å². The largest absolute Gasteiger partial charge is 0.481 e. The van der Waals surface area contributed by atoms with Crippen LogP contribution in [0.4, 0.5) is 0 Å². The van der Waals surface area contributed by atoms with Crippen molar-refractivity contribution in [2.45, 2.75) is 182 Å². The van der Waals surface area contributed by atoms with E-state index in [9.17, 15) is 4.79 Å². The highest BCUT2D eigenvalue weighted by molar-refractivity contribution is 5.69. The van der Waals surface area contributed by atoms with Gasteiger partial charge in [0.15, 0.2) is 0 Å². The van der Waals surface area contributed by atoms with Crippen molar-refractivity contribution < 1.29 is 15.0 Å². The Morgan fingerprint density at radius 3 is 1.09 bits per heavy atom. The average Bonchev–Trinajstić information content (AvgIpc) is 2.85. The molecule has 0 rings (SSSR count). The minimum absolute atomic E-state index is 0.163. The molecule has 0 saturated heterocycles. The lowest BCUT2D eigenvalue weighted by Crippen LogP contribution is -2.08. The van der Waals surface area contributed by atoms with Crippen molar-refractivity contribution in [3.63, 3.8) is 0 Å². The number of carboxylic acids is 1. The standard InChI is InChI=1S/C16H32O2.C16H34O/c1-3-4-5-6-7-8-9-10-11-12-13-14-15(2)16(17)18;1-3-4-5-6-7-8-9-10-11-12-13-14-16(2)15-17/h15H,3-14H2,1-2H3,(H,17,18);16-17H,3-15H2,1-2H3/t15-;16-/m11/s1. The Morgan fingerprint density at radius 1 is 0.514 bits per heavy atom. The topological polar surface area (TPSA) is 57.5 Å². The first-order chi connectivity index (χ1) is 17.0. The number of aliphatic hydroxyl groups excluding tert-OH is 1. The molecule has 0 fully saturated rings. The predicted molar refractivity (Wildman–Crippen MR) is 155 cm³/mol. The third-order valence-corrected chi connectivity index (χ3v) is 7.27. The lowest BCUT2D eigenvalue weighted by atomic mass is 10.0. The predicted octanol–water partition coefficient (Wildman–Crippen LogP) is 10.7. The van der Waals surface area contributed by atoms with E-state index in [0.717, 1.165) is 12.8 Å². The molecular weight excluding hydrogens is 432 g/mol. The van der Waals surface area contributed by atoms with Gasteiger partial charge in [0.25, 0.3) is 0 Å². The minimum atomic E-state index is -0.651. The zero-order valence-corrected chi connectivity index (χ0v) is 24.6. The summed E-state index contributed by atoms with van der Waals surface area (Å²) < 4.78 is 0. The van der Waals surface area contributed by atoms with Crippen molar-refractivity contribution in [1.29, 1.82) is 0 Å². The Morgan fingerprint density at radius 2 is 0.800 bits per heavy atom. The fraction of sp³-hybridized carbons (Fsp3) is 0.969. The monoisotopic (exact) mass is 499 g/mol. The van der Waals surface area contributed by atoms with Crippen molar-refractivity contribution in [3.05, 3.63) is 0 Å². The van der Waals surface area contributed by atoms with E-state index in [1.165, 1.54) is 141 Å². The molecule has 3 nitrogen and oxygen atoms in total. The first-order valence-corrected chi connectivity index (χ1v) is 15.8. The molecule has 0 saturated carbocycles. The Labute approximate surface area is 221 Å². The molecule has 0 bridgehead atoms. The molecule has 0 aliphatic heterocycles. The number of hydrogen-bond donors (Lipinski definition) is 2. The summed E-state index contributed by atoms with van der Waals surface area (Å²) >= 11 is 0. The zero-order chi connectivity index (χ0) is 26.4. The second-order valence-corrected chi connectivity index (χ2v) is 11.2. The molecule has 0 aliphatic rings. The van der Waals surface area contributed by atoms with Crippen LogP contribution in [0.1, 0.15) is 182 Å². The molecule has 0 heterocycles. The molecule has 0 radical (unpaired) electrons. The highest BCUT2D eigenvalue weighted by atomic mass is 16.4. The molecule has 0 unspecified atom stereocenters. The van der Waals surface area contributed by atoms with Crippen LogP contribution in [0.3, 0.4) is 0 Å². The maximum absolute atomic E-state index is 10.6. The van der Waals surface area contributed by atoms with Gasteiger partial charge in [0.05, 0.1) is 5.92 Å². The van der Waals surface area contributed by atoms with Crippen molar-refractivity contribution in [1.82, 2.24) is 0 Å². The maximum Gasteiger partial charge on any atom is 0.306 e. The second-order valence-electron chi connectivity index (χ2n) is 11.2. The lowest BCUT2D eigenvalue weighted by Gasteiger charge is -2.06. The Hall–Kier alpha value is -0.570. The number of carboxylic acid groups (broad SMARTS) is 1. The fourth-order valence-corrected chi connectivity index (χ4v) is 4.49. The van der Waals surface area contributed by atoms with E-state index < -0.39 is 5.97 Å². The first-order valence-electron chi connectivity index (χ1n) is 15.8. The summed E-state index contributed by atoms with van der Waals surface area (Å²) in [5.41, 5.74) is 0. The number of hydrogen-bond acceptors (Lipinski definition) is 2. The van der Waals surface area contributed by atoms with Crippen LogP contribution in [0.2, 0.25) is 0 Å². The molecule has 2 atom stereocenters. The van der Waals surface area contributed by atoms with Crippen molar-refractivity contribution in [2.24, 2.45) is 11.8 Å². The van der Waals surface area contributed by atoms with Crippen molar-refractivity contribution in [3.8, 4) is 0 Å². The summed E-state index contributed by atoms with van der Waals surface area (Å²) in [5, 5.41) is 17.6. The van der Waals surface area contributed by atoms with Gasteiger partial charge in [-0.2, -0.15) is 0 Å². The van der Waals surface area contributed by atoms with Gasteiger partial charge in [-0.05, 0) is 18.8 Å². The Bertz CT molecular complexity index is 396. The molecule has 0 aromatic carbocycles. The van der Waals surface area contributed by atoms with Crippen LogP contribution in [-0.4, -0.2) is 22.8 Å². The Kier molecular flexibility index (Phi) is 32.9. The van der Waals surface area contributed by atoms with Crippen LogP contribution < -0.4 is 0 Å². The van der Waals surface area contributed by atoms with Crippen molar-refractivity contribution >= 4 is 5.97 Å². The van der Waals surface area contributed by atoms with Gasteiger partial charge >= 0.3 is 5.97 Å². The number of rotatable bonds is 26. The molecule has 0 aromatic rings. The summed E-state index contributed by atoms with van der Waals surface area (Å²) in [7, 11) is 0. The summed E-state index contributed by atoms with van der Waals surface area (Å²) in [4.78, 5) is 10.6. The van der Waals surface area contributed by atoms with E-state index in [2.05, 4.69) is 20.8 Å². The van der Waals surface area contributed by atoms with Gasteiger partial charge in [0.2, 0.25) is 0 Å². The van der Waals surface area contributed by atoms with Gasteiger partial charge in [-0.3, -0.25) is 4.79 Å². The molecule has 3 heteroatoms. The zero-order valence-electron chi connectivity index (χ0n) is 24.6. The van der Waals surface area contributed by atoms with E-state index >= 15 is 0 Å². The molecule has 212 valence electrons. The van der Waals surface area contributed by atoms with Gasteiger partial charge in [0, 0.05) is 6.61 Å². The van der Waals surface area contributed by atoms with E-state index in [1.807, 2.05) is 0 Å². The van der Waals surface area contributed by atoms with Crippen LogP contribution in [0.15, 0.2) is 0 Å². The minimum Gasteiger partial charge on any atom is -0.481 e. The second kappa shape index (κ2) is 31.5. The van der Waals surface area contributed by atoms with Gasteiger partial charge in [-0.25, -0.2) is 0 Å².